The highest BCUT2D eigenvalue weighted by atomic mass is 16.4. The van der Waals surface area contributed by atoms with Crippen LogP contribution in [0.4, 0.5) is 0 Å². The zero-order chi connectivity index (χ0) is 16.3. The van der Waals surface area contributed by atoms with Gasteiger partial charge in [-0.25, -0.2) is 0 Å². The van der Waals surface area contributed by atoms with Gasteiger partial charge in [0.1, 0.15) is 6.04 Å². The van der Waals surface area contributed by atoms with Crippen molar-refractivity contribution in [3.05, 3.63) is 0 Å². The van der Waals surface area contributed by atoms with Gasteiger partial charge in [0, 0.05) is 39.3 Å². The monoisotopic (exact) mass is 311 g/mol. The van der Waals surface area contributed by atoms with Gasteiger partial charge in [-0.1, -0.05) is 13.8 Å². The average Bonchev–Trinajstić information content (AvgIpc) is 2.46. The number of carboxylic acid groups (broad SMARTS) is 1. The lowest BCUT2D eigenvalue weighted by atomic mass is 9.92. The van der Waals surface area contributed by atoms with Gasteiger partial charge in [0.25, 0.3) is 0 Å². The van der Waals surface area contributed by atoms with Crippen molar-refractivity contribution in [1.82, 2.24) is 14.7 Å². The predicted octanol–water partition coefficient (Wildman–Crippen LogP) is 0.582. The predicted molar refractivity (Wildman–Crippen MR) is 84.6 cm³/mol. The molecule has 2 aliphatic rings. The van der Waals surface area contributed by atoms with Gasteiger partial charge >= 0.3 is 5.97 Å². The second-order valence-electron chi connectivity index (χ2n) is 7.07. The first-order valence-corrected chi connectivity index (χ1v) is 8.33. The van der Waals surface area contributed by atoms with Gasteiger partial charge in [0.2, 0.25) is 5.91 Å². The number of hydrogen-bond acceptors (Lipinski definition) is 4. The van der Waals surface area contributed by atoms with Crippen LogP contribution in [0.5, 0.6) is 0 Å². The first kappa shape index (κ1) is 17.2. The summed E-state index contributed by atoms with van der Waals surface area (Å²) in [6.45, 7) is 11.3. The van der Waals surface area contributed by atoms with E-state index < -0.39 is 12.0 Å². The summed E-state index contributed by atoms with van der Waals surface area (Å²) in [4.78, 5) is 29.6. The molecule has 2 fully saturated rings. The summed E-state index contributed by atoms with van der Waals surface area (Å²) in [5.41, 5.74) is 0. The van der Waals surface area contributed by atoms with Crippen LogP contribution in [-0.2, 0) is 9.59 Å². The molecule has 1 amide bonds. The SMILES string of the molecule is C[C@@H]1C[C@H](C)CN(C(=O)CN2CCN([C@@H](C)C(=O)O)CC2)C1. The van der Waals surface area contributed by atoms with E-state index in [0.29, 0.717) is 31.5 Å². The summed E-state index contributed by atoms with van der Waals surface area (Å²) in [5.74, 6) is 0.612. The molecule has 0 bridgehead atoms. The van der Waals surface area contributed by atoms with E-state index in [0.717, 1.165) is 26.2 Å². The Hall–Kier alpha value is -1.14. The van der Waals surface area contributed by atoms with Crippen molar-refractivity contribution >= 4 is 11.9 Å². The highest BCUT2D eigenvalue weighted by Crippen LogP contribution is 2.21. The van der Waals surface area contributed by atoms with E-state index in [2.05, 4.69) is 18.7 Å². The number of carbonyl (C=O) groups excluding carboxylic acids is 1. The number of amides is 1. The Morgan fingerprint density at radius 1 is 1.09 bits per heavy atom. The molecule has 0 saturated carbocycles. The molecule has 22 heavy (non-hydrogen) atoms. The molecule has 0 radical (unpaired) electrons. The van der Waals surface area contributed by atoms with E-state index >= 15 is 0 Å². The van der Waals surface area contributed by atoms with Crippen molar-refractivity contribution in [1.29, 1.82) is 0 Å². The maximum Gasteiger partial charge on any atom is 0.320 e. The van der Waals surface area contributed by atoms with Gasteiger partial charge in [0.05, 0.1) is 6.54 Å². The van der Waals surface area contributed by atoms with Crippen LogP contribution in [-0.4, -0.2) is 83.5 Å². The van der Waals surface area contributed by atoms with E-state index in [1.807, 2.05) is 9.80 Å². The van der Waals surface area contributed by atoms with Crippen molar-refractivity contribution in [3.8, 4) is 0 Å². The zero-order valence-corrected chi connectivity index (χ0v) is 14.0. The minimum atomic E-state index is -0.777. The van der Waals surface area contributed by atoms with Gasteiger partial charge in [-0.2, -0.15) is 0 Å². The van der Waals surface area contributed by atoms with Gasteiger partial charge in [-0.05, 0) is 25.2 Å². The Morgan fingerprint density at radius 2 is 1.64 bits per heavy atom. The van der Waals surface area contributed by atoms with Crippen LogP contribution >= 0.6 is 0 Å². The molecule has 2 saturated heterocycles. The number of carboxylic acids is 1. The highest BCUT2D eigenvalue weighted by Gasteiger charge is 2.29. The van der Waals surface area contributed by atoms with Crippen molar-refractivity contribution in [2.75, 3.05) is 45.8 Å². The van der Waals surface area contributed by atoms with Crippen molar-refractivity contribution in [2.45, 2.75) is 33.2 Å². The summed E-state index contributed by atoms with van der Waals surface area (Å²) in [6, 6.07) is -0.443. The fraction of sp³-hybridized carbons (Fsp3) is 0.875. The summed E-state index contributed by atoms with van der Waals surface area (Å²) in [5, 5.41) is 9.05. The number of rotatable bonds is 4. The van der Waals surface area contributed by atoms with Crippen LogP contribution < -0.4 is 0 Å². The molecule has 0 aromatic carbocycles. The Kier molecular flexibility index (Phi) is 5.81. The van der Waals surface area contributed by atoms with E-state index in [9.17, 15) is 9.59 Å². The standard InChI is InChI=1S/C16H29N3O3/c1-12-8-13(2)10-19(9-12)15(20)11-17-4-6-18(7-5-17)14(3)16(21)22/h12-14H,4-11H2,1-3H3,(H,21,22)/t12-,13+,14-/m0/s1. The molecule has 0 unspecified atom stereocenters. The third-order valence-electron chi connectivity index (χ3n) is 4.89. The molecule has 126 valence electrons. The number of likely N-dealkylation sites (tertiary alicyclic amines) is 1. The van der Waals surface area contributed by atoms with E-state index in [1.165, 1.54) is 6.42 Å². The normalized spacial score (nSPS) is 29.3. The van der Waals surface area contributed by atoms with Crippen molar-refractivity contribution in [2.24, 2.45) is 11.8 Å². The largest absolute Gasteiger partial charge is 0.480 e. The molecule has 0 spiro atoms. The lowest BCUT2D eigenvalue weighted by molar-refractivity contribution is -0.144. The summed E-state index contributed by atoms with van der Waals surface area (Å²) < 4.78 is 0. The Morgan fingerprint density at radius 3 is 2.14 bits per heavy atom. The van der Waals surface area contributed by atoms with Gasteiger partial charge in [-0.3, -0.25) is 19.4 Å². The minimum absolute atomic E-state index is 0.220. The maximum atomic E-state index is 12.5. The number of hydrogen-bond donors (Lipinski definition) is 1. The summed E-state index contributed by atoms with van der Waals surface area (Å²) in [6.07, 6.45) is 1.20. The lowest BCUT2D eigenvalue weighted by Crippen LogP contribution is -2.54. The highest BCUT2D eigenvalue weighted by molar-refractivity contribution is 5.78. The molecule has 2 rings (SSSR count). The van der Waals surface area contributed by atoms with E-state index in [1.54, 1.807) is 6.92 Å². The number of carbonyl (C=O) groups is 2. The molecule has 0 aromatic heterocycles. The molecule has 1 N–H and O–H groups in total. The topological polar surface area (TPSA) is 64.1 Å². The smallest absolute Gasteiger partial charge is 0.320 e. The molecular weight excluding hydrogens is 282 g/mol. The Labute approximate surface area is 133 Å². The zero-order valence-electron chi connectivity index (χ0n) is 14.0. The van der Waals surface area contributed by atoms with Crippen LogP contribution in [0.2, 0.25) is 0 Å². The number of piperazine rings is 1. The molecular formula is C16H29N3O3. The van der Waals surface area contributed by atoms with Crippen LogP contribution in [0.1, 0.15) is 27.2 Å². The van der Waals surface area contributed by atoms with Gasteiger partial charge in [-0.15, -0.1) is 0 Å². The second kappa shape index (κ2) is 7.42. The molecule has 0 aromatic rings. The molecule has 6 heteroatoms. The van der Waals surface area contributed by atoms with Gasteiger partial charge < -0.3 is 10.0 Å². The summed E-state index contributed by atoms with van der Waals surface area (Å²) in [7, 11) is 0. The van der Waals surface area contributed by atoms with E-state index in [4.69, 9.17) is 5.11 Å². The van der Waals surface area contributed by atoms with Crippen molar-refractivity contribution in [3.63, 3.8) is 0 Å². The molecule has 2 aliphatic heterocycles. The Balaban J connectivity index is 1.78. The number of aliphatic carboxylic acids is 1. The first-order valence-electron chi connectivity index (χ1n) is 8.33. The fourth-order valence-electron chi connectivity index (χ4n) is 3.62. The minimum Gasteiger partial charge on any atom is -0.480 e. The van der Waals surface area contributed by atoms with E-state index in [-0.39, 0.29) is 5.91 Å². The van der Waals surface area contributed by atoms with Crippen LogP contribution in [0.15, 0.2) is 0 Å². The summed E-state index contributed by atoms with van der Waals surface area (Å²) >= 11 is 0. The molecule has 2 heterocycles. The number of nitrogens with zero attached hydrogens (tertiary/aromatic N) is 3. The Bertz CT molecular complexity index is 397. The fourth-order valence-corrected chi connectivity index (χ4v) is 3.62. The first-order chi connectivity index (χ1) is 10.4. The lowest BCUT2D eigenvalue weighted by Gasteiger charge is -2.39. The number of piperidine rings is 1. The van der Waals surface area contributed by atoms with Crippen molar-refractivity contribution < 1.29 is 14.7 Å². The third-order valence-corrected chi connectivity index (χ3v) is 4.89. The average molecular weight is 311 g/mol. The molecule has 6 nitrogen and oxygen atoms in total. The van der Waals surface area contributed by atoms with Crippen LogP contribution in [0, 0.1) is 11.8 Å². The quantitative estimate of drug-likeness (QED) is 0.823. The van der Waals surface area contributed by atoms with Crippen LogP contribution in [0.3, 0.4) is 0 Å². The van der Waals surface area contributed by atoms with Crippen LogP contribution in [0.25, 0.3) is 0 Å². The molecule has 3 atom stereocenters. The van der Waals surface area contributed by atoms with Gasteiger partial charge in [0.15, 0.2) is 0 Å². The molecule has 0 aliphatic carbocycles. The maximum absolute atomic E-state index is 12.5. The third kappa shape index (κ3) is 4.43. The second-order valence-corrected chi connectivity index (χ2v) is 7.07.